The van der Waals surface area contributed by atoms with Crippen molar-refractivity contribution >= 4 is 22.5 Å². The number of aromatic nitrogens is 2. The lowest BCUT2D eigenvalue weighted by molar-refractivity contribution is -0.274. The van der Waals surface area contributed by atoms with E-state index in [0.29, 0.717) is 0 Å². The molecule has 1 aliphatic heterocycles. The fourth-order valence-electron chi connectivity index (χ4n) is 3.55. The van der Waals surface area contributed by atoms with Crippen molar-refractivity contribution in [3.63, 3.8) is 0 Å². The highest BCUT2D eigenvalue weighted by molar-refractivity contribution is 7.85. The molecule has 1 saturated heterocycles. The lowest BCUT2D eigenvalue weighted by Crippen LogP contribution is -2.48. The number of anilines is 1. The zero-order chi connectivity index (χ0) is 27.7. The molecule has 2 heterocycles. The van der Waals surface area contributed by atoms with Crippen LogP contribution in [0, 0.1) is 5.82 Å². The third-order valence-corrected chi connectivity index (χ3v) is 6.61. The van der Waals surface area contributed by atoms with Crippen molar-refractivity contribution in [1.29, 1.82) is 0 Å². The molecule has 1 aliphatic rings. The molecule has 204 valence electrons. The fraction of sp³-hybridized carbons (Fsp3) is 0.318. The van der Waals surface area contributed by atoms with Crippen LogP contribution in [-0.2, 0) is 23.5 Å². The van der Waals surface area contributed by atoms with Crippen LogP contribution in [0.3, 0.4) is 0 Å². The number of carbonyl (C=O) groups excluding carboxylic acids is 1. The Morgan fingerprint density at radius 3 is 2.37 bits per heavy atom. The molecule has 4 rings (SSSR count). The summed E-state index contributed by atoms with van der Waals surface area (Å²) in [5.74, 6) is -3.37. The van der Waals surface area contributed by atoms with Gasteiger partial charge in [-0.2, -0.15) is 13.2 Å². The summed E-state index contributed by atoms with van der Waals surface area (Å²) < 4.78 is 112. The predicted octanol–water partition coefficient (Wildman–Crippen LogP) is 4.98. The minimum Gasteiger partial charge on any atom is -0.413 e. The monoisotopic (exact) mass is 566 g/mol. The van der Waals surface area contributed by atoms with E-state index in [1.54, 1.807) is 0 Å². The van der Waals surface area contributed by atoms with Crippen LogP contribution in [0.15, 0.2) is 46.9 Å². The number of halogens is 7. The SMILES string of the molecule is O=C(N1CCS(=O)CC1)N(Cc1ccc(-c2nnc(C(F)(F)F)o2)cc1F)c1cccc(OC(F)(F)F)c1. The van der Waals surface area contributed by atoms with Gasteiger partial charge in [-0.05, 0) is 24.3 Å². The lowest BCUT2D eigenvalue weighted by atomic mass is 10.1. The van der Waals surface area contributed by atoms with Crippen LogP contribution < -0.4 is 9.64 Å². The maximum absolute atomic E-state index is 15.0. The second-order valence-electron chi connectivity index (χ2n) is 7.97. The van der Waals surface area contributed by atoms with Crippen molar-refractivity contribution in [3.05, 3.63) is 59.7 Å². The number of ether oxygens (including phenoxy) is 1. The molecule has 2 aromatic carbocycles. The first-order chi connectivity index (χ1) is 17.8. The van der Waals surface area contributed by atoms with E-state index in [9.17, 15) is 35.3 Å². The van der Waals surface area contributed by atoms with E-state index < -0.39 is 59.3 Å². The van der Waals surface area contributed by atoms with Gasteiger partial charge in [0.2, 0.25) is 5.89 Å². The van der Waals surface area contributed by atoms with Crippen molar-refractivity contribution in [2.45, 2.75) is 19.1 Å². The van der Waals surface area contributed by atoms with E-state index in [2.05, 4.69) is 19.4 Å². The van der Waals surface area contributed by atoms with E-state index in [4.69, 9.17) is 0 Å². The Labute approximate surface area is 212 Å². The molecule has 16 heteroatoms. The molecule has 1 aromatic heterocycles. The van der Waals surface area contributed by atoms with Crippen LogP contribution in [0.4, 0.5) is 41.2 Å². The number of hydrogen-bond donors (Lipinski definition) is 0. The Hall–Kier alpha value is -3.69. The quantitative estimate of drug-likeness (QED) is 0.405. The second-order valence-corrected chi connectivity index (χ2v) is 9.66. The molecule has 0 radical (unpaired) electrons. The van der Waals surface area contributed by atoms with Gasteiger partial charge in [0.05, 0.1) is 6.54 Å². The van der Waals surface area contributed by atoms with Crippen LogP contribution in [0.25, 0.3) is 11.5 Å². The van der Waals surface area contributed by atoms with E-state index in [1.165, 1.54) is 29.2 Å². The average molecular weight is 566 g/mol. The number of benzene rings is 2. The number of urea groups is 1. The molecule has 0 spiro atoms. The molecule has 0 bridgehead atoms. The average Bonchev–Trinajstić information content (AvgIpc) is 3.34. The zero-order valence-electron chi connectivity index (χ0n) is 19.1. The number of carbonyl (C=O) groups is 1. The minimum absolute atomic E-state index is 0.0429. The van der Waals surface area contributed by atoms with Gasteiger partial charge in [0.25, 0.3) is 0 Å². The number of hydrogen-bond acceptors (Lipinski definition) is 6. The molecule has 2 amide bonds. The third kappa shape index (κ3) is 6.59. The van der Waals surface area contributed by atoms with Crippen molar-refractivity contribution in [3.8, 4) is 17.2 Å². The molecule has 0 N–H and O–H groups in total. The number of amides is 2. The zero-order valence-corrected chi connectivity index (χ0v) is 19.9. The molecule has 0 unspecified atom stereocenters. The number of nitrogens with zero attached hydrogens (tertiary/aromatic N) is 4. The summed E-state index contributed by atoms with van der Waals surface area (Å²) in [5, 5.41) is 6.14. The van der Waals surface area contributed by atoms with Crippen molar-refractivity contribution < 1.29 is 48.9 Å². The van der Waals surface area contributed by atoms with Crippen LogP contribution in [0.1, 0.15) is 11.5 Å². The lowest BCUT2D eigenvalue weighted by Gasteiger charge is -2.33. The maximum Gasteiger partial charge on any atom is 0.573 e. The first kappa shape index (κ1) is 27.3. The van der Waals surface area contributed by atoms with Gasteiger partial charge in [0.15, 0.2) is 0 Å². The molecule has 0 atom stereocenters. The van der Waals surface area contributed by atoms with Gasteiger partial charge in [0, 0.05) is 58.3 Å². The van der Waals surface area contributed by atoms with Gasteiger partial charge < -0.3 is 14.1 Å². The maximum atomic E-state index is 15.0. The van der Waals surface area contributed by atoms with Gasteiger partial charge in [-0.25, -0.2) is 9.18 Å². The fourth-order valence-corrected chi connectivity index (χ4v) is 4.60. The molecule has 1 fully saturated rings. The Kier molecular flexibility index (Phi) is 7.62. The summed E-state index contributed by atoms with van der Waals surface area (Å²) in [4.78, 5) is 15.7. The summed E-state index contributed by atoms with van der Waals surface area (Å²) in [6.45, 7) is -0.237. The van der Waals surface area contributed by atoms with Gasteiger partial charge in [-0.15, -0.1) is 23.4 Å². The molecule has 38 heavy (non-hydrogen) atoms. The van der Waals surface area contributed by atoms with Crippen LogP contribution >= 0.6 is 0 Å². The summed E-state index contributed by atoms with van der Waals surface area (Å²) in [6.07, 6.45) is -9.89. The van der Waals surface area contributed by atoms with E-state index in [-0.39, 0.29) is 41.4 Å². The van der Waals surface area contributed by atoms with Crippen LogP contribution in [-0.4, -0.2) is 56.3 Å². The van der Waals surface area contributed by atoms with Crippen LogP contribution in [0.2, 0.25) is 0 Å². The topological polar surface area (TPSA) is 88.8 Å². The standard InChI is InChI=1S/C22H17F7N4O4S/c23-17-10-13(18-30-31-19(36-18)21(24,25)26)4-5-14(17)12-33(20(34)32-6-8-38(35)9-7-32)15-2-1-3-16(11-15)37-22(27,28)29/h1-5,10-11H,6-9,12H2. The summed E-state index contributed by atoms with van der Waals surface area (Å²) in [7, 11) is -1.12. The molecular formula is C22H17F7N4O4S. The van der Waals surface area contributed by atoms with Crippen molar-refractivity contribution in [2.75, 3.05) is 29.5 Å². The van der Waals surface area contributed by atoms with Gasteiger partial charge in [-0.1, -0.05) is 12.1 Å². The number of rotatable bonds is 5. The summed E-state index contributed by atoms with van der Waals surface area (Å²) >= 11 is 0. The minimum atomic E-state index is -4.99. The molecule has 3 aromatic rings. The summed E-state index contributed by atoms with van der Waals surface area (Å²) in [5.41, 5.74) is -0.315. The van der Waals surface area contributed by atoms with E-state index in [1.807, 2.05) is 0 Å². The highest BCUT2D eigenvalue weighted by atomic mass is 32.2. The Morgan fingerprint density at radius 2 is 1.76 bits per heavy atom. The van der Waals surface area contributed by atoms with E-state index in [0.717, 1.165) is 23.1 Å². The highest BCUT2D eigenvalue weighted by Crippen LogP contribution is 2.32. The molecule has 0 aliphatic carbocycles. The third-order valence-electron chi connectivity index (χ3n) is 5.34. The van der Waals surface area contributed by atoms with Crippen LogP contribution in [0.5, 0.6) is 5.75 Å². The van der Waals surface area contributed by atoms with Crippen molar-refractivity contribution in [1.82, 2.24) is 15.1 Å². The first-order valence-electron chi connectivity index (χ1n) is 10.8. The molecule has 8 nitrogen and oxygen atoms in total. The van der Waals surface area contributed by atoms with Gasteiger partial charge >= 0.3 is 24.5 Å². The number of alkyl halides is 6. The Balaban J connectivity index is 1.64. The first-order valence-corrected chi connectivity index (χ1v) is 12.3. The van der Waals surface area contributed by atoms with E-state index >= 15 is 4.39 Å². The highest BCUT2D eigenvalue weighted by Gasteiger charge is 2.38. The van der Waals surface area contributed by atoms with Gasteiger partial charge in [-0.3, -0.25) is 9.11 Å². The molecular weight excluding hydrogens is 549 g/mol. The second kappa shape index (κ2) is 10.6. The smallest absolute Gasteiger partial charge is 0.413 e. The summed E-state index contributed by atoms with van der Waals surface area (Å²) in [6, 6.07) is 7.04. The Bertz CT molecular complexity index is 1340. The van der Waals surface area contributed by atoms with Crippen molar-refractivity contribution in [2.24, 2.45) is 0 Å². The van der Waals surface area contributed by atoms with Gasteiger partial charge in [0.1, 0.15) is 11.6 Å². The Morgan fingerprint density at radius 1 is 1.05 bits per heavy atom. The largest absolute Gasteiger partial charge is 0.573 e. The normalized spacial score (nSPS) is 15.0. The predicted molar refractivity (Wildman–Crippen MR) is 119 cm³/mol. The molecule has 0 saturated carbocycles.